The van der Waals surface area contributed by atoms with Crippen LogP contribution in [-0.2, 0) is 14.3 Å². The Morgan fingerprint density at radius 3 is 1.98 bits per heavy atom. The molecule has 0 aliphatic carbocycles. The second-order valence-corrected chi connectivity index (χ2v) is 12.7. The van der Waals surface area contributed by atoms with E-state index in [2.05, 4.69) is 17.6 Å². The minimum atomic E-state index is -0.880. The highest BCUT2D eigenvalue weighted by molar-refractivity contribution is 6.00. The van der Waals surface area contributed by atoms with Crippen LogP contribution in [0.2, 0.25) is 0 Å². The van der Waals surface area contributed by atoms with Crippen molar-refractivity contribution in [3.05, 3.63) is 64.7 Å². The van der Waals surface area contributed by atoms with E-state index in [1.54, 1.807) is 25.7 Å². The summed E-state index contributed by atoms with van der Waals surface area (Å²) in [6.07, 6.45) is 5.62. The number of anilines is 1. The molecular formula is C35H53N3O4. The number of hydrogen-bond donors (Lipinski definition) is 2. The zero-order valence-electron chi connectivity index (χ0n) is 27.3. The number of alkyl carbamates (subject to hydrolysis) is 1. The van der Waals surface area contributed by atoms with Gasteiger partial charge in [-0.2, -0.15) is 0 Å². The third-order valence-electron chi connectivity index (χ3n) is 7.32. The van der Waals surface area contributed by atoms with Crippen molar-refractivity contribution in [1.29, 1.82) is 0 Å². The van der Waals surface area contributed by atoms with Crippen molar-refractivity contribution < 1.29 is 19.1 Å². The zero-order valence-corrected chi connectivity index (χ0v) is 27.3. The van der Waals surface area contributed by atoms with Crippen molar-refractivity contribution in [3.8, 4) is 0 Å². The van der Waals surface area contributed by atoms with Gasteiger partial charge in [-0.25, -0.2) is 4.79 Å². The number of hydrogen-bond acceptors (Lipinski definition) is 4. The van der Waals surface area contributed by atoms with Crippen molar-refractivity contribution in [2.75, 3.05) is 11.9 Å². The lowest BCUT2D eigenvalue weighted by Crippen LogP contribution is -2.54. The SMILES string of the molecule is CCCCCCCCN(C(=O)C(NC(=O)OC(C)(C)C)C(C)C)C(C(=O)Nc1c(C)cccc1C)c1ccc(C)cc1. The number of carbonyl (C=O) groups excluding carboxylic acids is 3. The van der Waals surface area contributed by atoms with Crippen LogP contribution in [0.25, 0.3) is 0 Å². The molecule has 0 aliphatic rings. The maximum atomic E-state index is 14.4. The molecule has 2 aromatic carbocycles. The van der Waals surface area contributed by atoms with Crippen LogP contribution in [0.5, 0.6) is 0 Å². The Bertz CT molecular complexity index is 1150. The van der Waals surface area contributed by atoms with Gasteiger partial charge in [0.2, 0.25) is 5.91 Å². The average Bonchev–Trinajstić information content (AvgIpc) is 2.90. The van der Waals surface area contributed by atoms with Gasteiger partial charge in [-0.3, -0.25) is 9.59 Å². The first-order valence-electron chi connectivity index (χ1n) is 15.5. The molecule has 42 heavy (non-hydrogen) atoms. The zero-order chi connectivity index (χ0) is 31.4. The Hall–Kier alpha value is -3.35. The van der Waals surface area contributed by atoms with Gasteiger partial charge >= 0.3 is 6.09 Å². The van der Waals surface area contributed by atoms with E-state index >= 15 is 0 Å². The maximum absolute atomic E-state index is 14.4. The monoisotopic (exact) mass is 579 g/mol. The van der Waals surface area contributed by atoms with E-state index in [1.807, 2.05) is 77.1 Å². The number of aryl methyl sites for hydroxylation is 3. The van der Waals surface area contributed by atoms with E-state index in [0.29, 0.717) is 6.54 Å². The van der Waals surface area contributed by atoms with Crippen molar-refractivity contribution in [2.45, 2.75) is 119 Å². The molecule has 0 saturated carbocycles. The summed E-state index contributed by atoms with van der Waals surface area (Å²) in [5, 5.41) is 5.95. The standard InChI is InChI=1S/C35H53N3O4/c1-10-11-12-13-14-15-23-38(33(40)29(24(2)3)37-34(41)42-35(7,8)9)31(28-21-19-25(4)20-22-28)32(39)36-30-26(5)17-16-18-27(30)6/h16-22,24,29,31H,10-15,23H2,1-9H3,(H,36,39)(H,37,41). The summed E-state index contributed by atoms with van der Waals surface area (Å²) in [4.78, 5) is 43.1. The molecule has 7 nitrogen and oxygen atoms in total. The number of amides is 3. The molecule has 0 spiro atoms. The van der Waals surface area contributed by atoms with Crippen LogP contribution in [0.1, 0.15) is 108 Å². The Kier molecular flexibility index (Phi) is 13.5. The molecule has 3 amide bonds. The molecule has 232 valence electrons. The second kappa shape index (κ2) is 16.3. The van der Waals surface area contributed by atoms with Gasteiger partial charge in [0.05, 0.1) is 0 Å². The van der Waals surface area contributed by atoms with Gasteiger partial charge in [-0.15, -0.1) is 0 Å². The minimum absolute atomic E-state index is 0.225. The van der Waals surface area contributed by atoms with E-state index < -0.39 is 23.8 Å². The number of nitrogens with one attached hydrogen (secondary N) is 2. The van der Waals surface area contributed by atoms with Gasteiger partial charge in [0.25, 0.3) is 5.91 Å². The fourth-order valence-electron chi connectivity index (χ4n) is 4.98. The molecule has 0 heterocycles. The van der Waals surface area contributed by atoms with Gasteiger partial charge in [0, 0.05) is 12.2 Å². The minimum Gasteiger partial charge on any atom is -0.444 e. The molecule has 2 unspecified atom stereocenters. The average molecular weight is 580 g/mol. The van der Waals surface area contributed by atoms with E-state index in [4.69, 9.17) is 4.74 Å². The van der Waals surface area contributed by atoms with Crippen molar-refractivity contribution in [1.82, 2.24) is 10.2 Å². The summed E-state index contributed by atoms with van der Waals surface area (Å²) in [6.45, 7) is 17.6. The molecule has 2 aromatic rings. The molecule has 0 fully saturated rings. The van der Waals surface area contributed by atoms with E-state index in [1.165, 1.54) is 6.42 Å². The van der Waals surface area contributed by atoms with Gasteiger partial charge < -0.3 is 20.3 Å². The van der Waals surface area contributed by atoms with Gasteiger partial charge in [0.1, 0.15) is 17.7 Å². The topological polar surface area (TPSA) is 87.7 Å². The first-order chi connectivity index (χ1) is 19.7. The number of carbonyl (C=O) groups is 3. The Labute approximate surface area is 253 Å². The molecule has 2 atom stereocenters. The molecule has 0 bridgehead atoms. The van der Waals surface area contributed by atoms with Crippen molar-refractivity contribution in [3.63, 3.8) is 0 Å². The molecule has 0 radical (unpaired) electrons. The molecule has 0 aliphatic heterocycles. The lowest BCUT2D eigenvalue weighted by molar-refractivity contribution is -0.141. The van der Waals surface area contributed by atoms with E-state index in [9.17, 15) is 14.4 Å². The summed E-state index contributed by atoms with van der Waals surface area (Å²) in [6, 6.07) is 11.9. The summed E-state index contributed by atoms with van der Waals surface area (Å²) in [5.74, 6) is -0.806. The highest BCUT2D eigenvalue weighted by Crippen LogP contribution is 2.28. The van der Waals surface area contributed by atoms with E-state index in [0.717, 1.165) is 60.0 Å². The number of rotatable bonds is 14. The van der Waals surface area contributed by atoms with Crippen LogP contribution < -0.4 is 10.6 Å². The second-order valence-electron chi connectivity index (χ2n) is 12.7. The lowest BCUT2D eigenvalue weighted by atomic mass is 9.97. The van der Waals surface area contributed by atoms with Crippen molar-refractivity contribution in [2.24, 2.45) is 5.92 Å². The summed E-state index contributed by atoms with van der Waals surface area (Å²) in [7, 11) is 0. The van der Waals surface area contributed by atoms with Gasteiger partial charge in [-0.1, -0.05) is 101 Å². The fourth-order valence-corrected chi connectivity index (χ4v) is 4.98. The van der Waals surface area contributed by atoms with Crippen LogP contribution in [0, 0.1) is 26.7 Å². The first kappa shape index (κ1) is 34.8. The van der Waals surface area contributed by atoms with Crippen LogP contribution >= 0.6 is 0 Å². The Morgan fingerprint density at radius 1 is 0.857 bits per heavy atom. The van der Waals surface area contributed by atoms with Crippen LogP contribution in [-0.4, -0.2) is 41.0 Å². The normalized spacial score (nSPS) is 12.9. The molecule has 7 heteroatoms. The molecule has 2 N–H and O–H groups in total. The number of benzene rings is 2. The van der Waals surface area contributed by atoms with Crippen LogP contribution in [0.3, 0.4) is 0 Å². The summed E-state index contributed by atoms with van der Waals surface area (Å²) in [5.41, 5.74) is 3.73. The Morgan fingerprint density at radius 2 is 1.43 bits per heavy atom. The predicted octanol–water partition coefficient (Wildman–Crippen LogP) is 8.03. The predicted molar refractivity (Wildman–Crippen MR) is 172 cm³/mol. The number of unbranched alkanes of at least 4 members (excludes halogenated alkanes) is 5. The van der Waals surface area contributed by atoms with Gasteiger partial charge in [0.15, 0.2) is 0 Å². The molecule has 0 saturated heterocycles. The third-order valence-corrected chi connectivity index (χ3v) is 7.32. The third kappa shape index (κ3) is 10.8. The van der Waals surface area contributed by atoms with Crippen LogP contribution in [0.4, 0.5) is 10.5 Å². The summed E-state index contributed by atoms with van der Waals surface area (Å²) >= 11 is 0. The van der Waals surface area contributed by atoms with Gasteiger partial charge in [-0.05, 0) is 70.6 Å². The van der Waals surface area contributed by atoms with Crippen LogP contribution in [0.15, 0.2) is 42.5 Å². The molecular weight excluding hydrogens is 526 g/mol. The largest absolute Gasteiger partial charge is 0.444 e. The lowest BCUT2D eigenvalue weighted by Gasteiger charge is -2.36. The Balaban J connectivity index is 2.53. The number of nitrogens with zero attached hydrogens (tertiary/aromatic N) is 1. The molecule has 2 rings (SSSR count). The quantitative estimate of drug-likeness (QED) is 0.222. The summed E-state index contributed by atoms with van der Waals surface area (Å²) < 4.78 is 5.50. The highest BCUT2D eigenvalue weighted by Gasteiger charge is 2.37. The smallest absolute Gasteiger partial charge is 0.408 e. The maximum Gasteiger partial charge on any atom is 0.408 e. The fraction of sp³-hybridized carbons (Fsp3) is 0.571. The molecule has 0 aromatic heterocycles. The first-order valence-corrected chi connectivity index (χ1v) is 15.5. The number of ether oxygens (including phenoxy) is 1. The van der Waals surface area contributed by atoms with E-state index in [-0.39, 0.29) is 17.7 Å². The highest BCUT2D eigenvalue weighted by atomic mass is 16.6. The number of para-hydroxylation sites is 1. The van der Waals surface area contributed by atoms with Crippen molar-refractivity contribution >= 4 is 23.6 Å².